The van der Waals surface area contributed by atoms with Gasteiger partial charge in [-0.3, -0.25) is 9.59 Å². The molecule has 0 saturated heterocycles. The van der Waals surface area contributed by atoms with Crippen LogP contribution in [0.1, 0.15) is 25.0 Å². The van der Waals surface area contributed by atoms with Crippen molar-refractivity contribution in [2.45, 2.75) is 20.4 Å². The summed E-state index contributed by atoms with van der Waals surface area (Å²) >= 11 is 0. The van der Waals surface area contributed by atoms with E-state index in [2.05, 4.69) is 10.6 Å². The number of nitriles is 1. The van der Waals surface area contributed by atoms with E-state index in [-0.39, 0.29) is 5.91 Å². The molecule has 2 amide bonds. The Morgan fingerprint density at radius 1 is 1.12 bits per heavy atom. The third kappa shape index (κ3) is 4.61. The average molecular weight is 351 g/mol. The van der Waals surface area contributed by atoms with Crippen LogP contribution >= 0.6 is 0 Å². The average Bonchev–Trinajstić information content (AvgIpc) is 2.66. The fourth-order valence-corrected chi connectivity index (χ4v) is 2.20. The highest BCUT2D eigenvalue weighted by Crippen LogP contribution is 2.20. The van der Waals surface area contributed by atoms with Gasteiger partial charge in [0.1, 0.15) is 11.2 Å². The highest BCUT2D eigenvalue weighted by molar-refractivity contribution is 6.09. The van der Waals surface area contributed by atoms with Gasteiger partial charge in [-0.05, 0) is 49.7 Å². The molecule has 0 fully saturated rings. The van der Waals surface area contributed by atoms with E-state index in [0.717, 1.165) is 11.3 Å². The Kier molecular flexibility index (Phi) is 5.97. The SMILES string of the molecule is COc1ccc(CNC(=O)C(C)(C)C(=O)Nc2cccc(C#N)c2)cc1. The van der Waals surface area contributed by atoms with Crippen LogP contribution in [-0.2, 0) is 16.1 Å². The molecular weight excluding hydrogens is 330 g/mol. The van der Waals surface area contributed by atoms with E-state index in [4.69, 9.17) is 10.00 Å². The molecule has 0 bridgehead atoms. The van der Waals surface area contributed by atoms with Crippen LogP contribution in [0.2, 0.25) is 0 Å². The van der Waals surface area contributed by atoms with Crippen molar-refractivity contribution in [1.82, 2.24) is 5.32 Å². The number of methoxy groups -OCH3 is 1. The quantitative estimate of drug-likeness (QED) is 0.783. The smallest absolute Gasteiger partial charge is 0.239 e. The van der Waals surface area contributed by atoms with E-state index in [0.29, 0.717) is 17.8 Å². The lowest BCUT2D eigenvalue weighted by molar-refractivity contribution is -0.138. The zero-order chi connectivity index (χ0) is 19.2. The fourth-order valence-electron chi connectivity index (χ4n) is 2.20. The van der Waals surface area contributed by atoms with Crippen molar-refractivity contribution in [1.29, 1.82) is 5.26 Å². The molecule has 134 valence electrons. The molecule has 0 aromatic heterocycles. The molecule has 2 rings (SSSR count). The second-order valence-electron chi connectivity index (χ2n) is 6.30. The third-order valence-corrected chi connectivity index (χ3v) is 4.00. The number of benzene rings is 2. The van der Waals surface area contributed by atoms with Crippen molar-refractivity contribution in [3.63, 3.8) is 0 Å². The van der Waals surface area contributed by atoms with E-state index in [1.54, 1.807) is 45.2 Å². The third-order valence-electron chi connectivity index (χ3n) is 4.00. The summed E-state index contributed by atoms with van der Waals surface area (Å²) in [4.78, 5) is 25.0. The molecule has 6 heteroatoms. The first-order valence-corrected chi connectivity index (χ1v) is 8.09. The van der Waals surface area contributed by atoms with E-state index in [1.165, 1.54) is 0 Å². The second kappa shape index (κ2) is 8.17. The number of hydrogen-bond donors (Lipinski definition) is 2. The number of carbonyl (C=O) groups is 2. The van der Waals surface area contributed by atoms with Crippen LogP contribution in [0.25, 0.3) is 0 Å². The number of carbonyl (C=O) groups excluding carboxylic acids is 2. The minimum atomic E-state index is -1.27. The Hall–Kier alpha value is -3.33. The maximum absolute atomic E-state index is 12.5. The second-order valence-corrected chi connectivity index (χ2v) is 6.30. The Morgan fingerprint density at radius 2 is 1.81 bits per heavy atom. The van der Waals surface area contributed by atoms with Gasteiger partial charge in [-0.25, -0.2) is 0 Å². The van der Waals surface area contributed by atoms with Gasteiger partial charge in [0.15, 0.2) is 0 Å². The lowest BCUT2D eigenvalue weighted by Gasteiger charge is -2.23. The number of nitrogens with zero attached hydrogens (tertiary/aromatic N) is 1. The van der Waals surface area contributed by atoms with Crippen LogP contribution in [0.4, 0.5) is 5.69 Å². The molecule has 0 unspecified atom stereocenters. The Morgan fingerprint density at radius 3 is 2.42 bits per heavy atom. The van der Waals surface area contributed by atoms with Crippen molar-refractivity contribution in [3.05, 3.63) is 59.7 Å². The fraction of sp³-hybridized carbons (Fsp3) is 0.250. The zero-order valence-corrected chi connectivity index (χ0v) is 15.0. The van der Waals surface area contributed by atoms with Gasteiger partial charge in [-0.1, -0.05) is 18.2 Å². The molecule has 0 aliphatic heterocycles. The molecule has 0 atom stereocenters. The van der Waals surface area contributed by atoms with Gasteiger partial charge < -0.3 is 15.4 Å². The number of rotatable bonds is 6. The monoisotopic (exact) mass is 351 g/mol. The van der Waals surface area contributed by atoms with Gasteiger partial charge in [-0.2, -0.15) is 5.26 Å². The van der Waals surface area contributed by atoms with Gasteiger partial charge in [0.25, 0.3) is 0 Å². The van der Waals surface area contributed by atoms with Crippen molar-refractivity contribution in [2.75, 3.05) is 12.4 Å². The van der Waals surface area contributed by atoms with E-state index >= 15 is 0 Å². The van der Waals surface area contributed by atoms with Gasteiger partial charge in [0, 0.05) is 12.2 Å². The molecule has 2 N–H and O–H groups in total. The molecule has 0 saturated carbocycles. The van der Waals surface area contributed by atoms with Crippen molar-refractivity contribution >= 4 is 17.5 Å². The molecule has 0 radical (unpaired) electrons. The van der Waals surface area contributed by atoms with E-state index < -0.39 is 11.3 Å². The minimum absolute atomic E-state index is 0.309. The summed E-state index contributed by atoms with van der Waals surface area (Å²) < 4.78 is 5.09. The molecule has 6 nitrogen and oxygen atoms in total. The summed E-state index contributed by atoms with van der Waals surface area (Å²) in [5.41, 5.74) is 0.543. The van der Waals surface area contributed by atoms with E-state index in [1.807, 2.05) is 30.3 Å². The first kappa shape index (κ1) is 19.0. The lowest BCUT2D eigenvalue weighted by atomic mass is 9.90. The van der Waals surface area contributed by atoms with E-state index in [9.17, 15) is 9.59 Å². The minimum Gasteiger partial charge on any atom is -0.497 e. The standard InChI is InChI=1S/C20H21N3O3/c1-20(2,19(25)23-16-6-4-5-15(11-16)12-21)18(24)22-13-14-7-9-17(26-3)10-8-14/h4-11H,13H2,1-3H3,(H,22,24)(H,23,25). The first-order valence-electron chi connectivity index (χ1n) is 8.09. The summed E-state index contributed by atoms with van der Waals surface area (Å²) in [6.45, 7) is 3.42. The number of nitrogens with one attached hydrogen (secondary N) is 2. The molecule has 0 aliphatic carbocycles. The number of anilines is 1. The maximum atomic E-state index is 12.5. The van der Waals surface area contributed by atoms with Gasteiger partial charge >= 0.3 is 0 Å². The zero-order valence-electron chi connectivity index (χ0n) is 15.0. The molecule has 2 aromatic carbocycles. The Balaban J connectivity index is 1.98. The molecule has 0 aliphatic rings. The largest absolute Gasteiger partial charge is 0.497 e. The number of hydrogen-bond acceptors (Lipinski definition) is 4. The predicted molar refractivity (Wildman–Crippen MR) is 98.4 cm³/mol. The Bertz CT molecular complexity index is 836. The number of amides is 2. The van der Waals surface area contributed by atoms with Crippen molar-refractivity contribution in [3.8, 4) is 11.8 Å². The highest BCUT2D eigenvalue weighted by Gasteiger charge is 2.35. The Labute approximate surface area is 152 Å². The summed E-state index contributed by atoms with van der Waals surface area (Å²) in [6, 6.07) is 15.9. The summed E-state index contributed by atoms with van der Waals surface area (Å²) in [5, 5.41) is 14.4. The van der Waals surface area contributed by atoms with Crippen molar-refractivity contribution < 1.29 is 14.3 Å². The maximum Gasteiger partial charge on any atom is 0.239 e. The molecule has 0 spiro atoms. The lowest BCUT2D eigenvalue weighted by Crippen LogP contribution is -2.44. The van der Waals surface area contributed by atoms with Crippen molar-refractivity contribution in [2.24, 2.45) is 5.41 Å². The first-order chi connectivity index (χ1) is 12.4. The normalized spacial score (nSPS) is 10.5. The van der Waals surface area contributed by atoms with Gasteiger partial charge in [0.2, 0.25) is 11.8 Å². The molecular formula is C20H21N3O3. The van der Waals surface area contributed by atoms with Crippen LogP contribution in [0, 0.1) is 16.7 Å². The predicted octanol–water partition coefficient (Wildman–Crippen LogP) is 2.85. The molecule has 0 heterocycles. The van der Waals surface area contributed by atoms with Crippen LogP contribution < -0.4 is 15.4 Å². The molecule has 2 aromatic rings. The van der Waals surface area contributed by atoms with Crippen LogP contribution in [0.5, 0.6) is 5.75 Å². The summed E-state index contributed by atoms with van der Waals surface area (Å²) in [5.74, 6) is -0.0959. The summed E-state index contributed by atoms with van der Waals surface area (Å²) in [7, 11) is 1.59. The highest BCUT2D eigenvalue weighted by atomic mass is 16.5. The van der Waals surface area contributed by atoms with Gasteiger partial charge in [0.05, 0.1) is 18.7 Å². The van der Waals surface area contributed by atoms with Crippen LogP contribution in [0.3, 0.4) is 0 Å². The molecule has 26 heavy (non-hydrogen) atoms. The van der Waals surface area contributed by atoms with Crippen LogP contribution in [-0.4, -0.2) is 18.9 Å². The van der Waals surface area contributed by atoms with Gasteiger partial charge in [-0.15, -0.1) is 0 Å². The van der Waals surface area contributed by atoms with Crippen LogP contribution in [0.15, 0.2) is 48.5 Å². The topological polar surface area (TPSA) is 91.2 Å². The number of ether oxygens (including phenoxy) is 1. The summed E-state index contributed by atoms with van der Waals surface area (Å²) in [6.07, 6.45) is 0.